The summed E-state index contributed by atoms with van der Waals surface area (Å²) in [6.45, 7) is 0.591. The number of esters is 1. The topological polar surface area (TPSA) is 38.3 Å². The Morgan fingerprint density at radius 1 is 1.56 bits per heavy atom. The lowest BCUT2D eigenvalue weighted by molar-refractivity contribution is -0.143. The van der Waals surface area contributed by atoms with E-state index in [4.69, 9.17) is 4.74 Å². The Labute approximate surface area is 93.6 Å². The van der Waals surface area contributed by atoms with Crippen molar-refractivity contribution < 1.29 is 13.9 Å². The number of hydrogen-bond acceptors (Lipinski definition) is 3. The van der Waals surface area contributed by atoms with Crippen LogP contribution in [0.15, 0.2) is 18.2 Å². The molecule has 0 radical (unpaired) electrons. The van der Waals surface area contributed by atoms with Gasteiger partial charge in [0, 0.05) is 6.54 Å². The van der Waals surface area contributed by atoms with Gasteiger partial charge >= 0.3 is 5.97 Å². The molecule has 1 atom stereocenters. The maximum absolute atomic E-state index is 13.5. The van der Waals surface area contributed by atoms with Gasteiger partial charge in [-0.2, -0.15) is 0 Å². The zero-order chi connectivity index (χ0) is 11.5. The molecular weight excluding hydrogens is 209 g/mol. The van der Waals surface area contributed by atoms with E-state index in [9.17, 15) is 9.18 Å². The van der Waals surface area contributed by atoms with Gasteiger partial charge in [0.2, 0.25) is 0 Å². The Morgan fingerprint density at radius 2 is 2.38 bits per heavy atom. The second-order valence-corrected chi connectivity index (χ2v) is 3.86. The molecule has 4 heteroatoms. The van der Waals surface area contributed by atoms with E-state index in [0.717, 1.165) is 5.56 Å². The molecular formula is C12H14FNO2. The van der Waals surface area contributed by atoms with Crippen molar-refractivity contribution in [3.8, 4) is 0 Å². The smallest absolute Gasteiger partial charge is 0.323 e. The van der Waals surface area contributed by atoms with Crippen LogP contribution in [-0.4, -0.2) is 25.7 Å². The third kappa shape index (κ3) is 2.07. The highest BCUT2D eigenvalue weighted by Crippen LogP contribution is 2.18. The Hall–Kier alpha value is -1.42. The number of hydrogen-bond donors (Lipinski definition) is 1. The molecule has 1 heterocycles. The summed E-state index contributed by atoms with van der Waals surface area (Å²) in [6.07, 6.45) is 1.09. The number of fused-ring (bicyclic) bond motifs is 1. The summed E-state index contributed by atoms with van der Waals surface area (Å²) < 4.78 is 18.2. The molecule has 0 spiro atoms. The molecule has 1 aliphatic rings. The lowest BCUT2D eigenvalue weighted by atomic mass is 10.00. The van der Waals surface area contributed by atoms with Crippen LogP contribution in [0.1, 0.15) is 11.1 Å². The molecule has 2 rings (SSSR count). The van der Waals surface area contributed by atoms with Crippen molar-refractivity contribution in [3.05, 3.63) is 35.1 Å². The zero-order valence-electron chi connectivity index (χ0n) is 9.13. The molecule has 0 aromatic heterocycles. The van der Waals surface area contributed by atoms with Gasteiger partial charge in [0.05, 0.1) is 7.11 Å². The van der Waals surface area contributed by atoms with Crippen molar-refractivity contribution in [2.75, 3.05) is 13.7 Å². The first-order chi connectivity index (χ1) is 7.72. The van der Waals surface area contributed by atoms with E-state index in [0.29, 0.717) is 24.9 Å². The van der Waals surface area contributed by atoms with Crippen LogP contribution >= 0.6 is 0 Å². The molecule has 86 valence electrons. The highest BCUT2D eigenvalue weighted by molar-refractivity contribution is 5.76. The summed E-state index contributed by atoms with van der Waals surface area (Å²) in [6, 6.07) is 4.62. The third-order valence-electron chi connectivity index (χ3n) is 2.89. The normalized spacial score (nSPS) is 19.8. The van der Waals surface area contributed by atoms with E-state index < -0.39 is 0 Å². The summed E-state index contributed by atoms with van der Waals surface area (Å²) in [5.41, 5.74) is 1.60. The van der Waals surface area contributed by atoms with Gasteiger partial charge in [-0.1, -0.05) is 12.1 Å². The quantitative estimate of drug-likeness (QED) is 0.723. The SMILES string of the molecule is COC(=O)C1Cc2cccc(F)c2CCN1. The van der Waals surface area contributed by atoms with Crippen LogP contribution < -0.4 is 5.32 Å². The second-order valence-electron chi connectivity index (χ2n) is 3.86. The molecule has 0 amide bonds. The largest absolute Gasteiger partial charge is 0.468 e. The molecule has 0 saturated carbocycles. The van der Waals surface area contributed by atoms with Crippen LogP contribution in [-0.2, 0) is 22.4 Å². The number of nitrogens with one attached hydrogen (secondary N) is 1. The second kappa shape index (κ2) is 4.61. The molecule has 1 N–H and O–H groups in total. The molecule has 1 aromatic carbocycles. The molecule has 1 aliphatic heterocycles. The van der Waals surface area contributed by atoms with Crippen molar-refractivity contribution in [1.29, 1.82) is 0 Å². The van der Waals surface area contributed by atoms with Gasteiger partial charge in [-0.05, 0) is 30.0 Å². The number of rotatable bonds is 1. The molecule has 1 unspecified atom stereocenters. The first kappa shape index (κ1) is 11.1. The van der Waals surface area contributed by atoms with Crippen LogP contribution in [0.4, 0.5) is 4.39 Å². The van der Waals surface area contributed by atoms with Crippen molar-refractivity contribution in [2.24, 2.45) is 0 Å². The highest BCUT2D eigenvalue weighted by Gasteiger charge is 2.24. The van der Waals surface area contributed by atoms with Crippen molar-refractivity contribution >= 4 is 5.97 Å². The number of methoxy groups -OCH3 is 1. The number of carbonyl (C=O) groups excluding carboxylic acids is 1. The lowest BCUT2D eigenvalue weighted by Gasteiger charge is -2.13. The van der Waals surface area contributed by atoms with E-state index in [-0.39, 0.29) is 17.8 Å². The minimum atomic E-state index is -0.368. The van der Waals surface area contributed by atoms with Crippen molar-refractivity contribution in [3.63, 3.8) is 0 Å². The summed E-state index contributed by atoms with van der Waals surface area (Å²) >= 11 is 0. The molecule has 0 bridgehead atoms. The maximum atomic E-state index is 13.5. The summed E-state index contributed by atoms with van der Waals surface area (Å²) in [5.74, 6) is -0.484. The van der Waals surface area contributed by atoms with E-state index in [1.807, 2.05) is 6.07 Å². The predicted octanol–water partition coefficient (Wildman–Crippen LogP) is 1.06. The molecule has 3 nitrogen and oxygen atoms in total. The highest BCUT2D eigenvalue weighted by atomic mass is 19.1. The summed E-state index contributed by atoms with van der Waals surface area (Å²) in [7, 11) is 1.36. The first-order valence-corrected chi connectivity index (χ1v) is 5.30. The van der Waals surface area contributed by atoms with Gasteiger partial charge in [-0.25, -0.2) is 4.39 Å². The van der Waals surface area contributed by atoms with Crippen molar-refractivity contribution in [1.82, 2.24) is 5.32 Å². The zero-order valence-corrected chi connectivity index (χ0v) is 9.13. The van der Waals surface area contributed by atoms with Crippen LogP contribution in [0.25, 0.3) is 0 Å². The van der Waals surface area contributed by atoms with E-state index in [1.54, 1.807) is 6.07 Å². The summed E-state index contributed by atoms with van der Waals surface area (Å²) in [5, 5.41) is 3.07. The fourth-order valence-electron chi connectivity index (χ4n) is 2.05. The number of halogens is 1. The minimum Gasteiger partial charge on any atom is -0.468 e. The fraction of sp³-hybridized carbons (Fsp3) is 0.417. The number of ether oxygens (including phenoxy) is 1. The molecule has 1 aromatic rings. The van der Waals surface area contributed by atoms with Gasteiger partial charge in [0.25, 0.3) is 0 Å². The molecule has 0 aliphatic carbocycles. The van der Waals surface area contributed by atoms with Crippen molar-refractivity contribution in [2.45, 2.75) is 18.9 Å². The van der Waals surface area contributed by atoms with Crippen LogP contribution in [0, 0.1) is 5.82 Å². The van der Waals surface area contributed by atoms with Gasteiger partial charge in [-0.3, -0.25) is 4.79 Å². The molecule has 0 saturated heterocycles. The lowest BCUT2D eigenvalue weighted by Crippen LogP contribution is -2.38. The first-order valence-electron chi connectivity index (χ1n) is 5.30. The van der Waals surface area contributed by atoms with Crippen LogP contribution in [0.2, 0.25) is 0 Å². The maximum Gasteiger partial charge on any atom is 0.323 e. The Morgan fingerprint density at radius 3 is 3.12 bits per heavy atom. The number of carbonyl (C=O) groups is 1. The van der Waals surface area contributed by atoms with E-state index in [1.165, 1.54) is 13.2 Å². The fourth-order valence-corrected chi connectivity index (χ4v) is 2.05. The van der Waals surface area contributed by atoms with Crippen LogP contribution in [0.3, 0.4) is 0 Å². The van der Waals surface area contributed by atoms with E-state index >= 15 is 0 Å². The van der Waals surface area contributed by atoms with Gasteiger partial charge in [-0.15, -0.1) is 0 Å². The average Bonchev–Trinajstić information content (AvgIpc) is 2.51. The Balaban J connectivity index is 2.28. The monoisotopic (exact) mass is 223 g/mol. The minimum absolute atomic E-state index is 0.190. The number of benzene rings is 1. The standard InChI is InChI=1S/C12H14FNO2/c1-16-12(15)11-7-8-3-2-4-10(13)9(8)5-6-14-11/h2-4,11,14H,5-7H2,1H3. The molecule has 0 fully saturated rings. The third-order valence-corrected chi connectivity index (χ3v) is 2.89. The average molecular weight is 223 g/mol. The Kier molecular flexibility index (Phi) is 3.19. The van der Waals surface area contributed by atoms with E-state index in [2.05, 4.69) is 5.32 Å². The van der Waals surface area contributed by atoms with Gasteiger partial charge in [0.1, 0.15) is 11.9 Å². The Bertz CT molecular complexity index is 406. The predicted molar refractivity (Wildman–Crippen MR) is 57.6 cm³/mol. The van der Waals surface area contributed by atoms with Crippen LogP contribution in [0.5, 0.6) is 0 Å². The molecule has 16 heavy (non-hydrogen) atoms. The summed E-state index contributed by atoms with van der Waals surface area (Å²) in [4.78, 5) is 11.4. The van der Waals surface area contributed by atoms with Gasteiger partial charge in [0.15, 0.2) is 0 Å². The van der Waals surface area contributed by atoms with Gasteiger partial charge < -0.3 is 10.1 Å².